The first-order chi connectivity index (χ1) is 26.5. The number of rotatable bonds is 6. The van der Waals surface area contributed by atoms with Crippen LogP contribution in [0.1, 0.15) is 37.7 Å². The molecule has 0 unspecified atom stereocenters. The summed E-state index contributed by atoms with van der Waals surface area (Å²) in [6.07, 6.45) is 14.4. The molecule has 0 aliphatic heterocycles. The topological polar surface area (TPSA) is 13.1 Å². The molecule has 2 heterocycles. The van der Waals surface area contributed by atoms with E-state index in [1.54, 1.807) is 6.08 Å². The van der Waals surface area contributed by atoms with Crippen LogP contribution in [0.4, 0.5) is 0 Å². The molecule has 2 heteroatoms. The molecule has 8 rings (SSSR count). The maximum absolute atomic E-state index is 6.55. The largest absolute Gasteiger partial charge is 0.456 e. The second-order valence-corrected chi connectivity index (χ2v) is 14.6. The smallest absolute Gasteiger partial charge is 0.144 e. The summed E-state index contributed by atoms with van der Waals surface area (Å²) >= 11 is 1.86. The van der Waals surface area contributed by atoms with Gasteiger partial charge in [0, 0.05) is 36.5 Å². The van der Waals surface area contributed by atoms with Crippen LogP contribution in [0.5, 0.6) is 0 Å². The fourth-order valence-electron chi connectivity index (χ4n) is 8.01. The van der Waals surface area contributed by atoms with E-state index in [1.807, 2.05) is 30.4 Å². The number of hydrogen-bond donors (Lipinski definition) is 0. The van der Waals surface area contributed by atoms with Gasteiger partial charge < -0.3 is 4.42 Å². The van der Waals surface area contributed by atoms with Crippen molar-refractivity contribution in [3.05, 3.63) is 180 Å². The number of furan rings is 1. The minimum Gasteiger partial charge on any atom is -0.456 e. The average molecular weight is 715 g/mol. The van der Waals surface area contributed by atoms with Gasteiger partial charge in [0.1, 0.15) is 11.3 Å². The lowest BCUT2D eigenvalue weighted by Gasteiger charge is -2.13. The van der Waals surface area contributed by atoms with Gasteiger partial charge in [-0.15, -0.1) is 11.3 Å². The lowest BCUT2D eigenvalue weighted by atomic mass is 9.91. The van der Waals surface area contributed by atoms with E-state index in [2.05, 4.69) is 173 Å². The Bertz CT molecular complexity index is 3070. The normalized spacial score (nSPS) is 12.7. The Kier molecular flexibility index (Phi) is 9.46. The Hall–Kier alpha value is -6.22. The van der Waals surface area contributed by atoms with E-state index in [0.29, 0.717) is 0 Å². The SMILES string of the molecule is C=C/C=C\C(=C)c1ccc(-c2ccccccc(-c3ccc4sc5c6c(C)c(/C=C\C)oc6c6ccccc6c5c4c3)c(=C/C)/c2=C\C)c2ccccc12. The van der Waals surface area contributed by atoms with E-state index in [9.17, 15) is 0 Å². The predicted octanol–water partition coefficient (Wildman–Crippen LogP) is 14.3. The van der Waals surface area contributed by atoms with Gasteiger partial charge >= 0.3 is 0 Å². The monoisotopic (exact) mass is 714 g/mol. The summed E-state index contributed by atoms with van der Waals surface area (Å²) in [6.45, 7) is 16.8. The quantitative estimate of drug-likeness (QED) is 0.156. The van der Waals surface area contributed by atoms with Crippen LogP contribution >= 0.6 is 11.3 Å². The van der Waals surface area contributed by atoms with Crippen LogP contribution in [0.2, 0.25) is 0 Å². The zero-order chi connectivity index (χ0) is 37.3. The number of benzene rings is 5. The standard InChI is InChI=1S/C52H42OS/c1-7-11-21-33(5)38-29-30-43(42-25-17-16-24-41(38)42)40-23-15-13-12-14-22-39(36(9-3)37(40)10-4)35-28-31-48-46(32-35)50-44-26-18-19-27-45(44)51-49(52(50)54-48)34(6)47(53-51)20-8-2/h7-32H,1,5H2,2-4,6H3/b14-12?,15-13?,20-8-,21-11-,36-9+,37-10+,39-22?,40-23?. The van der Waals surface area contributed by atoms with Gasteiger partial charge in [-0.05, 0) is 106 Å². The van der Waals surface area contributed by atoms with E-state index >= 15 is 0 Å². The van der Waals surface area contributed by atoms with Crippen molar-refractivity contribution in [2.24, 2.45) is 0 Å². The number of aryl methyl sites for hydroxylation is 1. The van der Waals surface area contributed by atoms with Crippen molar-refractivity contribution in [3.63, 3.8) is 0 Å². The molecule has 0 aliphatic carbocycles. The summed E-state index contributed by atoms with van der Waals surface area (Å²) in [4.78, 5) is 0. The molecule has 0 spiro atoms. The van der Waals surface area contributed by atoms with E-state index in [4.69, 9.17) is 4.42 Å². The summed E-state index contributed by atoms with van der Waals surface area (Å²) in [5, 5.41) is 10.9. The third-order valence-corrected chi connectivity index (χ3v) is 11.7. The van der Waals surface area contributed by atoms with Crippen molar-refractivity contribution in [3.8, 4) is 22.3 Å². The average Bonchev–Trinajstić information content (AvgIpc) is 3.75. The number of thiophene rings is 1. The molecule has 0 radical (unpaired) electrons. The van der Waals surface area contributed by atoms with Crippen LogP contribution in [-0.4, -0.2) is 0 Å². The van der Waals surface area contributed by atoms with E-state index in [-0.39, 0.29) is 0 Å². The molecule has 2 aromatic heterocycles. The molecule has 0 saturated heterocycles. The first-order valence-corrected chi connectivity index (χ1v) is 19.3. The van der Waals surface area contributed by atoms with Crippen LogP contribution in [-0.2, 0) is 0 Å². The first kappa shape index (κ1) is 34.8. The van der Waals surface area contributed by atoms with Crippen molar-refractivity contribution < 1.29 is 4.42 Å². The van der Waals surface area contributed by atoms with Gasteiger partial charge in [-0.2, -0.15) is 0 Å². The maximum Gasteiger partial charge on any atom is 0.144 e. The molecule has 6 aromatic carbocycles. The molecule has 0 atom stereocenters. The Morgan fingerprint density at radius 2 is 1.31 bits per heavy atom. The molecular formula is C52H42OS. The van der Waals surface area contributed by atoms with Crippen molar-refractivity contribution >= 4 is 87.8 Å². The number of hydrogen-bond acceptors (Lipinski definition) is 2. The third kappa shape index (κ3) is 5.80. The zero-order valence-electron chi connectivity index (χ0n) is 31.2. The lowest BCUT2D eigenvalue weighted by molar-refractivity contribution is 0.604. The Labute approximate surface area is 320 Å². The van der Waals surface area contributed by atoms with Gasteiger partial charge in [-0.1, -0.05) is 153 Å². The van der Waals surface area contributed by atoms with Crippen LogP contribution in [0, 0.1) is 6.92 Å². The fourth-order valence-corrected chi connectivity index (χ4v) is 9.31. The van der Waals surface area contributed by atoms with Crippen molar-refractivity contribution in [2.75, 3.05) is 0 Å². The number of allylic oxidation sites excluding steroid dienone is 5. The minimum atomic E-state index is 0.924. The first-order valence-electron chi connectivity index (χ1n) is 18.5. The van der Waals surface area contributed by atoms with Gasteiger partial charge in [-0.25, -0.2) is 0 Å². The van der Waals surface area contributed by atoms with E-state index in [0.717, 1.165) is 27.9 Å². The van der Waals surface area contributed by atoms with Crippen LogP contribution < -0.4 is 10.4 Å². The molecular weight excluding hydrogens is 673 g/mol. The Morgan fingerprint density at radius 3 is 2.04 bits per heavy atom. The van der Waals surface area contributed by atoms with Crippen molar-refractivity contribution in [1.82, 2.24) is 0 Å². The maximum atomic E-state index is 6.55. The van der Waals surface area contributed by atoms with Gasteiger partial charge in [0.25, 0.3) is 0 Å². The summed E-state index contributed by atoms with van der Waals surface area (Å²) in [6, 6.07) is 41.8. The van der Waals surface area contributed by atoms with Gasteiger partial charge in [-0.3, -0.25) is 0 Å². The van der Waals surface area contributed by atoms with Crippen LogP contribution in [0.25, 0.3) is 98.7 Å². The highest BCUT2D eigenvalue weighted by atomic mass is 32.1. The molecule has 262 valence electrons. The molecule has 0 bridgehead atoms. The summed E-state index contributed by atoms with van der Waals surface area (Å²) in [7, 11) is 0. The van der Waals surface area contributed by atoms with Gasteiger partial charge in [0.15, 0.2) is 0 Å². The van der Waals surface area contributed by atoms with Gasteiger partial charge in [0.05, 0.1) is 0 Å². The number of fused-ring (bicyclic) bond motifs is 9. The summed E-state index contributed by atoms with van der Waals surface area (Å²) in [5.41, 5.74) is 8.92. The summed E-state index contributed by atoms with van der Waals surface area (Å²) in [5.74, 6) is 0.924. The molecule has 8 aromatic rings. The van der Waals surface area contributed by atoms with E-state index < -0.39 is 0 Å². The predicted molar refractivity (Wildman–Crippen MR) is 240 cm³/mol. The molecule has 0 saturated carbocycles. The molecule has 1 nitrogen and oxygen atoms in total. The zero-order valence-corrected chi connectivity index (χ0v) is 32.1. The van der Waals surface area contributed by atoms with E-state index in [1.165, 1.54) is 80.0 Å². The second kappa shape index (κ2) is 14.7. The molecule has 0 amide bonds. The Morgan fingerprint density at radius 1 is 0.648 bits per heavy atom. The van der Waals surface area contributed by atoms with Crippen molar-refractivity contribution in [1.29, 1.82) is 0 Å². The minimum absolute atomic E-state index is 0.924. The highest BCUT2D eigenvalue weighted by Gasteiger charge is 2.20. The Balaban J connectivity index is 1.43. The van der Waals surface area contributed by atoms with Crippen LogP contribution in [0.15, 0.2) is 157 Å². The van der Waals surface area contributed by atoms with Crippen molar-refractivity contribution in [2.45, 2.75) is 27.7 Å². The third-order valence-electron chi connectivity index (χ3n) is 10.5. The fraction of sp³-hybridized carbons (Fsp3) is 0.0769. The molecule has 0 aliphatic rings. The van der Waals surface area contributed by atoms with Gasteiger partial charge in [0.2, 0.25) is 0 Å². The molecule has 54 heavy (non-hydrogen) atoms. The van der Waals surface area contributed by atoms with Crippen LogP contribution in [0.3, 0.4) is 0 Å². The highest BCUT2D eigenvalue weighted by molar-refractivity contribution is 7.27. The summed E-state index contributed by atoms with van der Waals surface area (Å²) < 4.78 is 9.10. The molecule has 0 fully saturated rings. The lowest BCUT2D eigenvalue weighted by Crippen LogP contribution is -2.27. The highest BCUT2D eigenvalue weighted by Crippen LogP contribution is 2.47. The molecule has 0 N–H and O–H groups in total. The second-order valence-electron chi connectivity index (χ2n) is 13.5.